The predicted octanol–water partition coefficient (Wildman–Crippen LogP) is 7.54. The first-order chi connectivity index (χ1) is 23.7. The van der Waals surface area contributed by atoms with Gasteiger partial charge in [0.2, 0.25) is 11.8 Å². The molecule has 3 aliphatic heterocycles. The van der Waals surface area contributed by atoms with Crippen molar-refractivity contribution in [1.82, 2.24) is 0 Å². The van der Waals surface area contributed by atoms with Gasteiger partial charge in [0.1, 0.15) is 16.9 Å². The molecule has 4 aromatic carbocycles. The molecule has 1 spiro atoms. The number of nitrogens with zero attached hydrogens (tertiary/aromatic N) is 2. The Morgan fingerprint density at radius 3 is 2.14 bits per heavy atom. The molecule has 0 radical (unpaired) electrons. The van der Waals surface area contributed by atoms with Gasteiger partial charge in [0.25, 0.3) is 0 Å². The Labute approximate surface area is 297 Å². The van der Waals surface area contributed by atoms with E-state index < -0.39 is 5.41 Å². The predicted molar refractivity (Wildman–Crippen MR) is 194 cm³/mol. The molecule has 2 amide bonds. The normalized spacial score (nSPS) is 19.4. The molecule has 0 bridgehead atoms. The van der Waals surface area contributed by atoms with Crippen LogP contribution in [0.3, 0.4) is 0 Å². The van der Waals surface area contributed by atoms with Crippen LogP contribution in [0.4, 0.5) is 11.4 Å². The highest BCUT2D eigenvalue weighted by Crippen LogP contribution is 2.47. The van der Waals surface area contributed by atoms with Crippen molar-refractivity contribution in [2.24, 2.45) is 5.92 Å². The van der Waals surface area contributed by atoms with Gasteiger partial charge in [-0.05, 0) is 113 Å². The maximum absolute atomic E-state index is 13.2. The fourth-order valence-corrected chi connectivity index (χ4v) is 7.20. The summed E-state index contributed by atoms with van der Waals surface area (Å²) >= 11 is 3.60. The summed E-state index contributed by atoms with van der Waals surface area (Å²) in [6.45, 7) is 7.47. The molecule has 3 aliphatic rings. The maximum Gasteiger partial charge on any atom is 0.240 e. The first kappa shape index (κ1) is 34.7. The van der Waals surface area contributed by atoms with Crippen LogP contribution in [-0.2, 0) is 37.6 Å². The summed E-state index contributed by atoms with van der Waals surface area (Å²) in [5.74, 6) is 1.83. The average molecular weight is 728 g/mol. The van der Waals surface area contributed by atoms with Crippen LogP contribution in [0.5, 0.6) is 11.5 Å². The van der Waals surface area contributed by atoms with Crippen LogP contribution in [-0.4, -0.2) is 52.5 Å². The van der Waals surface area contributed by atoms with Crippen molar-refractivity contribution in [3.63, 3.8) is 0 Å². The molecular weight excluding hydrogens is 684 g/mol. The minimum absolute atomic E-state index is 0.0781. The molecule has 2 fully saturated rings. The van der Waals surface area contributed by atoms with Gasteiger partial charge in [-0.25, -0.2) is 0 Å². The number of carbonyl (C=O) groups is 2. The zero-order valence-corrected chi connectivity index (χ0v) is 30.1. The molecule has 0 N–H and O–H groups in total. The second-order valence-electron chi connectivity index (χ2n) is 12.9. The van der Waals surface area contributed by atoms with E-state index in [4.69, 9.17) is 18.9 Å². The molecule has 0 aliphatic carbocycles. The van der Waals surface area contributed by atoms with Crippen LogP contribution in [0.25, 0.3) is 0 Å². The Morgan fingerprint density at radius 2 is 1.53 bits per heavy atom. The van der Waals surface area contributed by atoms with Gasteiger partial charge in [-0.15, -0.1) is 0 Å². The minimum Gasteiger partial charge on any atom is -0.497 e. The van der Waals surface area contributed by atoms with Crippen LogP contribution in [0.2, 0.25) is 0 Å². The Hall–Kier alpha value is -4.18. The number of carbonyl (C=O) groups excluding carboxylic acids is 2. The highest BCUT2D eigenvalue weighted by Gasteiger charge is 2.53. The van der Waals surface area contributed by atoms with Gasteiger partial charge in [-0.2, -0.15) is 0 Å². The van der Waals surface area contributed by atoms with Gasteiger partial charge in [0, 0.05) is 23.4 Å². The van der Waals surface area contributed by atoms with Gasteiger partial charge >= 0.3 is 0 Å². The van der Waals surface area contributed by atoms with E-state index in [1.807, 2.05) is 83.5 Å². The number of fused-ring (bicyclic) bond motifs is 2. The van der Waals surface area contributed by atoms with E-state index in [1.54, 1.807) is 14.2 Å². The van der Waals surface area contributed by atoms with Gasteiger partial charge in [0.15, 0.2) is 0 Å². The first-order valence-electron chi connectivity index (χ1n) is 16.6. The number of anilines is 2. The van der Waals surface area contributed by atoms with Crippen LogP contribution >= 0.6 is 15.9 Å². The zero-order valence-electron chi connectivity index (χ0n) is 28.5. The quantitative estimate of drug-likeness (QED) is 0.187. The maximum atomic E-state index is 13.2. The average Bonchev–Trinajstić information content (AvgIpc) is 3.89. The van der Waals surface area contributed by atoms with E-state index in [1.165, 1.54) is 0 Å². The first-order valence-corrected chi connectivity index (χ1v) is 17.4. The lowest BCUT2D eigenvalue weighted by molar-refractivity contribution is -0.123. The fourth-order valence-electron chi connectivity index (χ4n) is 6.74. The summed E-state index contributed by atoms with van der Waals surface area (Å²) in [5, 5.41) is 0. The largest absolute Gasteiger partial charge is 0.497 e. The third-order valence-corrected chi connectivity index (χ3v) is 10.2. The number of hydrogen-bond donors (Lipinski definition) is 0. The third-order valence-electron chi connectivity index (χ3n) is 9.57. The van der Waals surface area contributed by atoms with E-state index >= 15 is 0 Å². The van der Waals surface area contributed by atoms with Crippen molar-refractivity contribution >= 4 is 39.1 Å². The summed E-state index contributed by atoms with van der Waals surface area (Å²) in [4.78, 5) is 30.2. The number of ether oxygens (including phenoxy) is 4. The summed E-state index contributed by atoms with van der Waals surface area (Å²) in [6, 6.07) is 28.1. The van der Waals surface area contributed by atoms with Crippen molar-refractivity contribution in [3.8, 4) is 11.5 Å². The van der Waals surface area contributed by atoms with Gasteiger partial charge in [-0.1, -0.05) is 42.5 Å². The summed E-state index contributed by atoms with van der Waals surface area (Å²) in [6.07, 6.45) is 1.54. The van der Waals surface area contributed by atoms with Crippen molar-refractivity contribution in [3.05, 3.63) is 117 Å². The molecule has 0 aromatic heterocycles. The molecule has 0 saturated carbocycles. The van der Waals surface area contributed by atoms with Crippen molar-refractivity contribution in [2.45, 2.75) is 45.2 Å². The standard InChI is InChI=1S/C20H22BrNO3.C20H21NO3/c1-14-3-8-18(21)19(11-14)22(20(23)16-9-10-25-13-16)12-15-4-6-17(24-2)7-5-15;1-14-3-8-17-18(11-14)21(19(22)20(17)9-10-24-13-20)12-15-4-6-16(23-2)7-5-15/h3-8,11,16H,9-10,12-13H2,1-2H3;3-8,11H,9-10,12-13H2,1-2H3. The Balaban J connectivity index is 0.000000170. The van der Waals surface area contributed by atoms with Crippen LogP contribution < -0.4 is 19.3 Å². The molecule has 2 saturated heterocycles. The Bertz CT molecular complexity index is 1780. The lowest BCUT2D eigenvalue weighted by Gasteiger charge is -2.27. The van der Waals surface area contributed by atoms with Crippen LogP contribution in [0, 0.1) is 19.8 Å². The lowest BCUT2D eigenvalue weighted by atomic mass is 9.81. The number of rotatable bonds is 8. The number of methoxy groups -OCH3 is 2. The van der Waals surface area contributed by atoms with Gasteiger partial charge < -0.3 is 28.7 Å². The number of amides is 2. The zero-order chi connectivity index (χ0) is 34.5. The van der Waals surface area contributed by atoms with Crippen molar-refractivity contribution < 1.29 is 28.5 Å². The second kappa shape index (κ2) is 15.2. The minimum atomic E-state index is -0.491. The highest BCUT2D eigenvalue weighted by molar-refractivity contribution is 9.10. The second-order valence-corrected chi connectivity index (χ2v) is 13.8. The van der Waals surface area contributed by atoms with E-state index in [2.05, 4.69) is 41.1 Å². The smallest absolute Gasteiger partial charge is 0.240 e. The molecular formula is C40H43BrN2O6. The van der Waals surface area contributed by atoms with E-state index in [-0.39, 0.29) is 17.7 Å². The molecule has 7 rings (SSSR count). The molecule has 3 heterocycles. The summed E-state index contributed by atoms with van der Waals surface area (Å²) in [7, 11) is 3.30. The highest BCUT2D eigenvalue weighted by atomic mass is 79.9. The van der Waals surface area contributed by atoms with E-state index in [0.29, 0.717) is 39.5 Å². The molecule has 9 heteroatoms. The topological polar surface area (TPSA) is 77.5 Å². The van der Waals surface area contributed by atoms with Crippen molar-refractivity contribution in [2.75, 3.05) is 50.4 Å². The van der Waals surface area contributed by atoms with Crippen LogP contribution in [0.15, 0.2) is 89.4 Å². The van der Waals surface area contributed by atoms with E-state index in [9.17, 15) is 9.59 Å². The van der Waals surface area contributed by atoms with Crippen LogP contribution in [0.1, 0.15) is 40.7 Å². The molecule has 49 heavy (non-hydrogen) atoms. The third kappa shape index (κ3) is 7.39. The van der Waals surface area contributed by atoms with E-state index in [0.717, 1.165) is 68.0 Å². The molecule has 8 nitrogen and oxygen atoms in total. The molecule has 2 atom stereocenters. The van der Waals surface area contributed by atoms with Gasteiger partial charge in [-0.3, -0.25) is 9.59 Å². The molecule has 4 aromatic rings. The Morgan fingerprint density at radius 1 is 0.878 bits per heavy atom. The number of aryl methyl sites for hydroxylation is 2. The molecule has 256 valence electrons. The van der Waals surface area contributed by atoms with Gasteiger partial charge in [0.05, 0.1) is 52.1 Å². The summed E-state index contributed by atoms with van der Waals surface area (Å²) in [5.41, 5.74) is 6.98. The summed E-state index contributed by atoms with van der Waals surface area (Å²) < 4.78 is 22.4. The number of hydrogen-bond acceptors (Lipinski definition) is 6. The SMILES string of the molecule is COc1ccc(CN(C(=O)C2CCOC2)c2cc(C)ccc2Br)cc1.COc1ccc(CN2C(=O)C3(CCOC3)c3ccc(C)cc32)cc1. The lowest BCUT2D eigenvalue weighted by Crippen LogP contribution is -2.40. The monoisotopic (exact) mass is 726 g/mol. The molecule has 2 unspecified atom stereocenters. The number of benzene rings is 4. The fraction of sp³-hybridized carbons (Fsp3) is 0.350. The Kier molecular flexibility index (Phi) is 10.7. The van der Waals surface area contributed by atoms with Crippen molar-refractivity contribution in [1.29, 1.82) is 0 Å². The number of halogens is 1.